The van der Waals surface area contributed by atoms with Crippen molar-refractivity contribution in [2.45, 2.75) is 26.7 Å². The van der Waals surface area contributed by atoms with Gasteiger partial charge in [0.25, 0.3) is 0 Å². The van der Waals surface area contributed by atoms with Gasteiger partial charge in [-0.05, 0) is 24.5 Å². The number of aromatic nitrogens is 1. The molecule has 0 saturated heterocycles. The molecule has 0 spiro atoms. The van der Waals surface area contributed by atoms with Gasteiger partial charge in [0, 0.05) is 29.1 Å². The lowest BCUT2D eigenvalue weighted by molar-refractivity contribution is 0.0977. The second-order valence-electron chi connectivity index (χ2n) is 4.90. The Morgan fingerprint density at radius 1 is 1.44 bits per heavy atom. The lowest BCUT2D eigenvalue weighted by Crippen LogP contribution is -2.01. The molecule has 1 aromatic carbocycles. The zero-order chi connectivity index (χ0) is 13.1. The average Bonchev–Trinajstić information content (AvgIpc) is 2.79. The topological polar surface area (TPSA) is 56.6 Å². The maximum absolute atomic E-state index is 12.2. The molecule has 92 valence electrons. The molecule has 1 N–H and O–H groups in total. The van der Waals surface area contributed by atoms with Crippen molar-refractivity contribution in [3.8, 4) is 6.07 Å². The molecule has 0 unspecified atom stereocenters. The first-order valence-corrected chi connectivity index (χ1v) is 6.17. The van der Waals surface area contributed by atoms with Crippen molar-refractivity contribution in [1.29, 1.82) is 5.26 Å². The molecule has 0 amide bonds. The van der Waals surface area contributed by atoms with E-state index in [4.69, 9.17) is 5.26 Å². The molecule has 1 heterocycles. The molecule has 0 saturated carbocycles. The van der Waals surface area contributed by atoms with Gasteiger partial charge in [-0.2, -0.15) is 5.26 Å². The number of carbonyl (C=O) groups excluding carboxylic acids is 1. The van der Waals surface area contributed by atoms with Crippen molar-refractivity contribution in [2.75, 3.05) is 0 Å². The first-order valence-electron chi connectivity index (χ1n) is 6.17. The van der Waals surface area contributed by atoms with Crippen LogP contribution in [0.2, 0.25) is 0 Å². The standard InChI is InChI=1S/C15H16N2O/c1-10(2)6-7-14(18)12-9-17-13-5-3-4-11(8-16)15(12)13/h3-5,9-10,17H,6-7H2,1-2H3. The van der Waals surface area contributed by atoms with Crippen LogP contribution in [-0.2, 0) is 0 Å². The number of Topliss-reactive ketones (excluding diaryl/α,β-unsaturated/α-hetero) is 1. The Balaban J connectivity index is 2.40. The number of H-pyrrole nitrogens is 1. The van der Waals surface area contributed by atoms with Crippen molar-refractivity contribution in [1.82, 2.24) is 4.98 Å². The highest BCUT2D eigenvalue weighted by Gasteiger charge is 2.15. The second-order valence-corrected chi connectivity index (χ2v) is 4.90. The number of carbonyl (C=O) groups is 1. The molecule has 0 aliphatic carbocycles. The Bertz CT molecular complexity index is 617. The monoisotopic (exact) mass is 240 g/mol. The van der Waals surface area contributed by atoms with Gasteiger partial charge in [0.2, 0.25) is 0 Å². The number of nitrogens with zero attached hydrogens (tertiary/aromatic N) is 1. The molecule has 0 aliphatic heterocycles. The van der Waals surface area contributed by atoms with Crippen LogP contribution in [0.1, 0.15) is 42.6 Å². The third-order valence-electron chi connectivity index (χ3n) is 3.08. The fourth-order valence-corrected chi connectivity index (χ4v) is 2.05. The highest BCUT2D eigenvalue weighted by Crippen LogP contribution is 2.24. The van der Waals surface area contributed by atoms with Gasteiger partial charge in [-0.15, -0.1) is 0 Å². The molecular formula is C15H16N2O. The first-order chi connectivity index (χ1) is 8.63. The van der Waals surface area contributed by atoms with Crippen molar-refractivity contribution >= 4 is 16.7 Å². The van der Waals surface area contributed by atoms with Crippen molar-refractivity contribution < 1.29 is 4.79 Å². The summed E-state index contributed by atoms with van der Waals surface area (Å²) in [6, 6.07) is 7.59. The minimum absolute atomic E-state index is 0.109. The second kappa shape index (κ2) is 5.05. The normalized spacial score (nSPS) is 10.8. The third-order valence-corrected chi connectivity index (χ3v) is 3.08. The van der Waals surface area contributed by atoms with Gasteiger partial charge in [-0.3, -0.25) is 4.79 Å². The molecule has 0 radical (unpaired) electrons. The maximum atomic E-state index is 12.2. The largest absolute Gasteiger partial charge is 0.360 e. The highest BCUT2D eigenvalue weighted by molar-refractivity contribution is 6.09. The predicted octanol–water partition coefficient (Wildman–Crippen LogP) is 3.66. The van der Waals surface area contributed by atoms with Crippen LogP contribution < -0.4 is 0 Å². The van der Waals surface area contributed by atoms with Gasteiger partial charge in [0.1, 0.15) is 0 Å². The Kier molecular flexibility index (Phi) is 3.47. The number of ketones is 1. The molecule has 3 nitrogen and oxygen atoms in total. The van der Waals surface area contributed by atoms with E-state index in [2.05, 4.69) is 24.9 Å². The van der Waals surface area contributed by atoms with Crippen molar-refractivity contribution in [2.24, 2.45) is 5.92 Å². The summed E-state index contributed by atoms with van der Waals surface area (Å²) in [6.45, 7) is 4.20. The van der Waals surface area contributed by atoms with E-state index in [0.717, 1.165) is 17.3 Å². The minimum atomic E-state index is 0.109. The number of hydrogen-bond acceptors (Lipinski definition) is 2. The van der Waals surface area contributed by atoms with E-state index in [1.54, 1.807) is 12.3 Å². The molecular weight excluding hydrogens is 224 g/mol. The molecule has 3 heteroatoms. The van der Waals surface area contributed by atoms with E-state index in [9.17, 15) is 4.79 Å². The van der Waals surface area contributed by atoms with Crippen LogP contribution in [0.5, 0.6) is 0 Å². The van der Waals surface area contributed by atoms with Crippen LogP contribution >= 0.6 is 0 Å². The minimum Gasteiger partial charge on any atom is -0.360 e. The molecule has 0 atom stereocenters. The molecule has 0 fully saturated rings. The van der Waals surface area contributed by atoms with Crippen LogP contribution in [0, 0.1) is 17.2 Å². The van der Waals surface area contributed by atoms with E-state index >= 15 is 0 Å². The number of hydrogen-bond donors (Lipinski definition) is 1. The molecule has 18 heavy (non-hydrogen) atoms. The molecule has 0 aliphatic rings. The summed E-state index contributed by atoms with van der Waals surface area (Å²) < 4.78 is 0. The fraction of sp³-hybridized carbons (Fsp3) is 0.333. The zero-order valence-electron chi connectivity index (χ0n) is 10.7. The summed E-state index contributed by atoms with van der Waals surface area (Å²) >= 11 is 0. The van der Waals surface area contributed by atoms with E-state index in [0.29, 0.717) is 23.5 Å². The summed E-state index contributed by atoms with van der Waals surface area (Å²) in [5.41, 5.74) is 2.05. The number of nitrogens with one attached hydrogen (secondary N) is 1. The Labute approximate surface area is 106 Å². The highest BCUT2D eigenvalue weighted by atomic mass is 16.1. The summed E-state index contributed by atoms with van der Waals surface area (Å²) in [5, 5.41) is 9.86. The number of nitriles is 1. The first kappa shape index (κ1) is 12.4. The Hall–Kier alpha value is -2.08. The number of fused-ring (bicyclic) bond motifs is 1. The van der Waals surface area contributed by atoms with Gasteiger partial charge in [0.15, 0.2) is 5.78 Å². The molecule has 0 bridgehead atoms. The number of aromatic amines is 1. The zero-order valence-corrected chi connectivity index (χ0v) is 10.7. The van der Waals surface area contributed by atoms with E-state index in [-0.39, 0.29) is 5.78 Å². The van der Waals surface area contributed by atoms with Crippen molar-refractivity contribution in [3.63, 3.8) is 0 Å². The smallest absolute Gasteiger partial charge is 0.165 e. The summed E-state index contributed by atoms with van der Waals surface area (Å²) in [7, 11) is 0. The summed E-state index contributed by atoms with van der Waals surface area (Å²) in [4.78, 5) is 15.2. The molecule has 2 aromatic rings. The lowest BCUT2D eigenvalue weighted by atomic mass is 9.99. The quantitative estimate of drug-likeness (QED) is 0.829. The average molecular weight is 240 g/mol. The third kappa shape index (κ3) is 2.28. The van der Waals surface area contributed by atoms with Gasteiger partial charge >= 0.3 is 0 Å². The lowest BCUT2D eigenvalue weighted by Gasteiger charge is -2.03. The van der Waals surface area contributed by atoms with Gasteiger partial charge in [-0.1, -0.05) is 19.9 Å². The van der Waals surface area contributed by atoms with Crippen LogP contribution in [0.4, 0.5) is 0 Å². The Morgan fingerprint density at radius 3 is 2.89 bits per heavy atom. The number of benzene rings is 1. The van der Waals surface area contributed by atoms with Crippen LogP contribution in [0.15, 0.2) is 24.4 Å². The summed E-state index contributed by atoms with van der Waals surface area (Å²) in [5.74, 6) is 0.618. The van der Waals surface area contributed by atoms with Crippen molar-refractivity contribution in [3.05, 3.63) is 35.5 Å². The number of rotatable bonds is 4. The van der Waals surface area contributed by atoms with Crippen LogP contribution in [0.3, 0.4) is 0 Å². The van der Waals surface area contributed by atoms with Crippen LogP contribution in [-0.4, -0.2) is 10.8 Å². The van der Waals surface area contributed by atoms with E-state index in [1.807, 2.05) is 12.1 Å². The van der Waals surface area contributed by atoms with Crippen LogP contribution in [0.25, 0.3) is 10.9 Å². The van der Waals surface area contributed by atoms with E-state index < -0.39 is 0 Å². The molecule has 2 rings (SSSR count). The SMILES string of the molecule is CC(C)CCC(=O)c1c[nH]c2cccc(C#N)c12. The molecule has 1 aromatic heterocycles. The Morgan fingerprint density at radius 2 is 2.22 bits per heavy atom. The van der Waals surface area contributed by atoms with E-state index in [1.165, 1.54) is 0 Å². The van der Waals surface area contributed by atoms with Gasteiger partial charge in [0.05, 0.1) is 11.6 Å². The van der Waals surface area contributed by atoms with Gasteiger partial charge < -0.3 is 4.98 Å². The van der Waals surface area contributed by atoms with Gasteiger partial charge in [-0.25, -0.2) is 0 Å². The maximum Gasteiger partial charge on any atom is 0.165 e. The summed E-state index contributed by atoms with van der Waals surface area (Å²) in [6.07, 6.45) is 3.12. The predicted molar refractivity (Wildman–Crippen MR) is 71.4 cm³/mol. The fourth-order valence-electron chi connectivity index (χ4n) is 2.05.